The summed E-state index contributed by atoms with van der Waals surface area (Å²) in [7, 11) is 1.56. The van der Waals surface area contributed by atoms with Gasteiger partial charge in [0.15, 0.2) is 5.82 Å². The number of methoxy groups -OCH3 is 1. The van der Waals surface area contributed by atoms with Crippen LogP contribution < -0.4 is 20.1 Å². The number of aromatic nitrogens is 3. The van der Waals surface area contributed by atoms with E-state index in [1.54, 1.807) is 42.1 Å². The van der Waals surface area contributed by atoms with E-state index in [0.29, 0.717) is 56.7 Å². The van der Waals surface area contributed by atoms with Crippen LogP contribution in [0.1, 0.15) is 25.5 Å². The van der Waals surface area contributed by atoms with Gasteiger partial charge in [0, 0.05) is 11.3 Å². The molecule has 0 bridgehead atoms. The highest BCUT2D eigenvalue weighted by Gasteiger charge is 2.35. The fourth-order valence-electron chi connectivity index (χ4n) is 4.36. The number of halogens is 2. The van der Waals surface area contributed by atoms with Crippen LogP contribution in [0.5, 0.6) is 11.5 Å². The molecule has 38 heavy (non-hydrogen) atoms. The van der Waals surface area contributed by atoms with Gasteiger partial charge in [-0.05, 0) is 61.9 Å². The van der Waals surface area contributed by atoms with Gasteiger partial charge in [-0.25, -0.2) is 4.68 Å². The largest absolute Gasteiger partial charge is 0.495 e. The average molecular weight is 550 g/mol. The van der Waals surface area contributed by atoms with Crippen molar-refractivity contribution in [2.45, 2.75) is 19.9 Å². The molecule has 3 aromatic carbocycles. The van der Waals surface area contributed by atoms with E-state index in [0.717, 1.165) is 11.3 Å². The van der Waals surface area contributed by atoms with E-state index in [9.17, 15) is 4.79 Å². The summed E-state index contributed by atoms with van der Waals surface area (Å²) >= 11 is 12.4. The summed E-state index contributed by atoms with van der Waals surface area (Å²) in [6.45, 7) is 4.33. The average Bonchev–Trinajstić information content (AvgIpc) is 3.34. The molecule has 4 aromatic rings. The van der Waals surface area contributed by atoms with Crippen LogP contribution in [0.15, 0.2) is 78.0 Å². The Morgan fingerprint density at radius 2 is 1.84 bits per heavy atom. The number of nitrogens with zero attached hydrogens (tertiary/aromatic N) is 3. The van der Waals surface area contributed by atoms with Crippen LogP contribution in [0, 0.1) is 0 Å². The molecule has 0 radical (unpaired) electrons. The van der Waals surface area contributed by atoms with Crippen LogP contribution in [0.4, 0.5) is 11.6 Å². The Morgan fingerprint density at radius 3 is 2.55 bits per heavy atom. The van der Waals surface area contributed by atoms with Crippen molar-refractivity contribution < 1.29 is 14.3 Å². The van der Waals surface area contributed by atoms with Crippen LogP contribution in [-0.2, 0) is 4.79 Å². The molecule has 194 valence electrons. The van der Waals surface area contributed by atoms with Gasteiger partial charge in [0.05, 0.1) is 35.0 Å². The van der Waals surface area contributed by atoms with Crippen molar-refractivity contribution in [3.8, 4) is 22.9 Å². The number of fused-ring (bicyclic) bond motifs is 1. The normalized spacial score (nSPS) is 14.5. The number of benzene rings is 3. The Balaban J connectivity index is 1.59. The number of carbonyl (C=O) groups is 1. The molecule has 0 aliphatic carbocycles. The van der Waals surface area contributed by atoms with Gasteiger partial charge in [0.25, 0.3) is 5.91 Å². The smallest absolute Gasteiger partial charge is 0.255 e. The maximum absolute atomic E-state index is 13.8. The van der Waals surface area contributed by atoms with Crippen molar-refractivity contribution in [1.29, 1.82) is 0 Å². The van der Waals surface area contributed by atoms with Crippen molar-refractivity contribution in [3.05, 3.63) is 93.6 Å². The molecule has 0 saturated carbocycles. The van der Waals surface area contributed by atoms with E-state index in [2.05, 4.69) is 10.6 Å². The van der Waals surface area contributed by atoms with Crippen LogP contribution in [-0.4, -0.2) is 34.4 Å². The zero-order valence-corrected chi connectivity index (χ0v) is 22.5. The number of ether oxygens (including phenoxy) is 2. The Hall–Kier alpha value is -4.01. The van der Waals surface area contributed by atoms with Gasteiger partial charge < -0.3 is 20.1 Å². The molecular weight excluding hydrogens is 525 g/mol. The first-order valence-corrected chi connectivity index (χ1v) is 12.7. The second-order valence-corrected chi connectivity index (χ2v) is 9.37. The quantitative estimate of drug-likeness (QED) is 0.270. The number of hydrogen-bond donors (Lipinski definition) is 2. The summed E-state index contributed by atoms with van der Waals surface area (Å²) in [5.74, 6) is 1.94. The maximum atomic E-state index is 13.8. The molecule has 1 amide bonds. The molecule has 2 heterocycles. The number of amides is 1. The van der Waals surface area contributed by atoms with Gasteiger partial charge in [-0.3, -0.25) is 4.79 Å². The molecule has 8 nitrogen and oxygen atoms in total. The third kappa shape index (κ3) is 4.92. The lowest BCUT2D eigenvalue weighted by Crippen LogP contribution is -2.31. The lowest BCUT2D eigenvalue weighted by Gasteiger charge is -2.29. The van der Waals surface area contributed by atoms with Crippen LogP contribution in [0.3, 0.4) is 0 Å². The van der Waals surface area contributed by atoms with E-state index in [4.69, 9.17) is 42.8 Å². The number of rotatable bonds is 7. The zero-order chi connectivity index (χ0) is 26.8. The Labute approximate surface area is 230 Å². The van der Waals surface area contributed by atoms with E-state index in [1.165, 1.54) is 0 Å². The summed E-state index contributed by atoms with van der Waals surface area (Å²) in [5.41, 5.74) is 3.24. The fraction of sp³-hybridized carbons (Fsp3) is 0.179. The number of para-hydroxylation sites is 2. The molecule has 1 aliphatic rings. The summed E-state index contributed by atoms with van der Waals surface area (Å²) in [6.07, 6.45) is 0. The SMILES string of the molecule is CCOc1ccc(C2C(C(=O)Nc3ccccc3OC)=C(C)Nc3nc(-c4ccc(Cl)c(Cl)c4)nn32)cc1. The lowest BCUT2D eigenvalue weighted by molar-refractivity contribution is -0.113. The zero-order valence-electron chi connectivity index (χ0n) is 21.0. The molecule has 1 aromatic heterocycles. The molecule has 1 unspecified atom stereocenters. The van der Waals surface area contributed by atoms with E-state index in [1.807, 2.05) is 50.2 Å². The molecule has 2 N–H and O–H groups in total. The fourth-order valence-corrected chi connectivity index (χ4v) is 4.66. The van der Waals surface area contributed by atoms with Gasteiger partial charge in [-0.15, -0.1) is 5.10 Å². The molecule has 0 fully saturated rings. The van der Waals surface area contributed by atoms with Crippen LogP contribution >= 0.6 is 23.2 Å². The Bertz CT molecular complexity index is 1530. The highest BCUT2D eigenvalue weighted by Crippen LogP contribution is 2.38. The first-order chi connectivity index (χ1) is 18.4. The van der Waals surface area contributed by atoms with Gasteiger partial charge in [0.1, 0.15) is 17.5 Å². The number of carbonyl (C=O) groups excluding carboxylic acids is 1. The van der Waals surface area contributed by atoms with Crippen molar-refractivity contribution >= 4 is 40.7 Å². The lowest BCUT2D eigenvalue weighted by atomic mass is 9.95. The first kappa shape index (κ1) is 25.6. The van der Waals surface area contributed by atoms with Crippen molar-refractivity contribution in [2.75, 3.05) is 24.4 Å². The topological polar surface area (TPSA) is 90.3 Å². The molecule has 1 aliphatic heterocycles. The highest BCUT2D eigenvalue weighted by atomic mass is 35.5. The predicted octanol–water partition coefficient (Wildman–Crippen LogP) is 6.59. The third-order valence-electron chi connectivity index (χ3n) is 6.14. The number of allylic oxidation sites excluding steroid dienone is 1. The summed E-state index contributed by atoms with van der Waals surface area (Å²) in [5, 5.41) is 11.9. The van der Waals surface area contributed by atoms with E-state index < -0.39 is 6.04 Å². The van der Waals surface area contributed by atoms with Gasteiger partial charge >= 0.3 is 0 Å². The number of hydrogen-bond acceptors (Lipinski definition) is 6. The van der Waals surface area contributed by atoms with Crippen LogP contribution in [0.25, 0.3) is 11.4 Å². The van der Waals surface area contributed by atoms with Crippen molar-refractivity contribution in [1.82, 2.24) is 14.8 Å². The highest BCUT2D eigenvalue weighted by molar-refractivity contribution is 6.42. The first-order valence-electron chi connectivity index (χ1n) is 12.0. The Morgan fingerprint density at radius 1 is 1.08 bits per heavy atom. The standard InChI is InChI=1S/C28H25Cl2N5O3/c1-4-38-19-12-9-17(10-13-19)25-24(27(36)32-22-7-5-6-8-23(22)37-3)16(2)31-28-33-26(34-35(25)28)18-11-14-20(29)21(30)15-18/h5-15,25H,4H2,1-3H3,(H,32,36)(H,31,33,34). The van der Waals surface area contributed by atoms with Gasteiger partial charge in [0.2, 0.25) is 5.95 Å². The maximum Gasteiger partial charge on any atom is 0.255 e. The van der Waals surface area contributed by atoms with Gasteiger partial charge in [-0.1, -0.05) is 47.5 Å². The molecular formula is C28H25Cl2N5O3. The number of anilines is 2. The Kier molecular flexibility index (Phi) is 7.26. The second kappa shape index (κ2) is 10.8. The van der Waals surface area contributed by atoms with Crippen molar-refractivity contribution in [3.63, 3.8) is 0 Å². The van der Waals surface area contributed by atoms with Crippen LogP contribution in [0.2, 0.25) is 10.0 Å². The van der Waals surface area contributed by atoms with E-state index >= 15 is 0 Å². The minimum absolute atomic E-state index is 0.296. The summed E-state index contributed by atoms with van der Waals surface area (Å²) < 4.78 is 12.8. The molecule has 5 rings (SSSR count). The van der Waals surface area contributed by atoms with Gasteiger partial charge in [-0.2, -0.15) is 4.98 Å². The molecule has 0 spiro atoms. The minimum atomic E-state index is -0.569. The molecule has 0 saturated heterocycles. The number of nitrogens with one attached hydrogen (secondary N) is 2. The third-order valence-corrected chi connectivity index (χ3v) is 6.88. The summed E-state index contributed by atoms with van der Waals surface area (Å²) in [6, 6.07) is 19.5. The minimum Gasteiger partial charge on any atom is -0.495 e. The predicted molar refractivity (Wildman–Crippen MR) is 149 cm³/mol. The van der Waals surface area contributed by atoms with E-state index in [-0.39, 0.29) is 5.91 Å². The van der Waals surface area contributed by atoms with Crippen molar-refractivity contribution in [2.24, 2.45) is 0 Å². The monoisotopic (exact) mass is 549 g/mol. The molecule has 1 atom stereocenters. The second-order valence-electron chi connectivity index (χ2n) is 8.56. The molecule has 10 heteroatoms. The summed E-state index contributed by atoms with van der Waals surface area (Å²) in [4.78, 5) is 18.5.